The first kappa shape index (κ1) is 14.4. The Bertz CT molecular complexity index is 491. The van der Waals surface area contributed by atoms with Crippen LogP contribution in [-0.2, 0) is 9.47 Å². The van der Waals surface area contributed by atoms with Gasteiger partial charge in [0.25, 0.3) is 0 Å². The van der Waals surface area contributed by atoms with Gasteiger partial charge in [0.15, 0.2) is 0 Å². The number of benzene rings is 1. The molecule has 3 rings (SSSR count). The van der Waals surface area contributed by atoms with Crippen molar-refractivity contribution in [1.82, 2.24) is 0 Å². The van der Waals surface area contributed by atoms with Crippen molar-refractivity contribution in [2.75, 3.05) is 12.3 Å². The van der Waals surface area contributed by atoms with Gasteiger partial charge in [-0.1, -0.05) is 19.3 Å². The van der Waals surface area contributed by atoms with Gasteiger partial charge in [-0.25, -0.2) is 4.79 Å². The molecule has 0 amide bonds. The highest BCUT2D eigenvalue weighted by Crippen LogP contribution is 2.41. The molecule has 1 atom stereocenters. The molecule has 0 bridgehead atoms. The number of hydrogen-bond acceptors (Lipinski definition) is 4. The van der Waals surface area contributed by atoms with Gasteiger partial charge in [0.05, 0.1) is 17.3 Å². The number of esters is 1. The van der Waals surface area contributed by atoms with E-state index in [4.69, 9.17) is 15.2 Å². The summed E-state index contributed by atoms with van der Waals surface area (Å²) in [5, 5.41) is 0. The smallest absolute Gasteiger partial charge is 0.338 e. The summed E-state index contributed by atoms with van der Waals surface area (Å²) in [5.41, 5.74) is 6.87. The monoisotopic (exact) mass is 289 g/mol. The van der Waals surface area contributed by atoms with Crippen LogP contribution in [0.3, 0.4) is 0 Å². The van der Waals surface area contributed by atoms with Crippen LogP contribution in [0.25, 0.3) is 0 Å². The van der Waals surface area contributed by atoms with Gasteiger partial charge in [0.1, 0.15) is 6.61 Å². The highest BCUT2D eigenvalue weighted by molar-refractivity contribution is 5.89. The Morgan fingerprint density at radius 2 is 1.90 bits per heavy atom. The highest BCUT2D eigenvalue weighted by Gasteiger charge is 2.41. The zero-order valence-electron chi connectivity index (χ0n) is 12.3. The molecular formula is C17H23NO3. The summed E-state index contributed by atoms with van der Waals surface area (Å²) in [6.45, 7) is 0.352. The van der Waals surface area contributed by atoms with Crippen LogP contribution >= 0.6 is 0 Å². The molecule has 1 saturated carbocycles. The molecule has 1 aromatic rings. The third-order valence-corrected chi connectivity index (χ3v) is 4.65. The molecule has 0 aromatic heterocycles. The summed E-state index contributed by atoms with van der Waals surface area (Å²) in [6, 6.07) is 6.80. The van der Waals surface area contributed by atoms with Gasteiger partial charge >= 0.3 is 5.97 Å². The Balaban J connectivity index is 1.49. The molecule has 1 aliphatic heterocycles. The lowest BCUT2D eigenvalue weighted by molar-refractivity contribution is -0.0809. The molecular weight excluding hydrogens is 266 g/mol. The molecule has 0 radical (unpaired) electrons. The first-order valence-electron chi connectivity index (χ1n) is 7.87. The van der Waals surface area contributed by atoms with Gasteiger partial charge in [-0.05, 0) is 49.9 Å². The van der Waals surface area contributed by atoms with Crippen molar-refractivity contribution in [2.24, 2.45) is 0 Å². The van der Waals surface area contributed by atoms with Crippen LogP contribution in [0, 0.1) is 0 Å². The van der Waals surface area contributed by atoms with E-state index >= 15 is 0 Å². The van der Waals surface area contributed by atoms with E-state index in [0.29, 0.717) is 17.9 Å². The Labute approximate surface area is 125 Å². The molecule has 1 spiro atoms. The van der Waals surface area contributed by atoms with E-state index in [-0.39, 0.29) is 17.7 Å². The fraction of sp³-hybridized carbons (Fsp3) is 0.588. The van der Waals surface area contributed by atoms with Gasteiger partial charge in [0.2, 0.25) is 0 Å². The SMILES string of the molecule is Nc1ccc(C(=O)OCC2CCC3(CCCCC3)O2)cc1. The van der Waals surface area contributed by atoms with Crippen LogP contribution in [0.15, 0.2) is 24.3 Å². The third-order valence-electron chi connectivity index (χ3n) is 4.65. The molecule has 1 aromatic carbocycles. The summed E-state index contributed by atoms with van der Waals surface area (Å²) >= 11 is 0. The Hall–Kier alpha value is -1.55. The number of nitrogen functional groups attached to an aromatic ring is 1. The zero-order chi connectivity index (χ0) is 14.7. The van der Waals surface area contributed by atoms with Gasteiger partial charge in [-0.2, -0.15) is 0 Å². The lowest BCUT2D eigenvalue weighted by Crippen LogP contribution is -2.32. The Morgan fingerprint density at radius 3 is 2.62 bits per heavy atom. The molecule has 1 unspecified atom stereocenters. The van der Waals surface area contributed by atoms with E-state index < -0.39 is 0 Å². The summed E-state index contributed by atoms with van der Waals surface area (Å²) in [4.78, 5) is 12.0. The fourth-order valence-electron chi connectivity index (χ4n) is 3.45. The number of carbonyl (C=O) groups is 1. The van der Waals surface area contributed by atoms with Crippen molar-refractivity contribution >= 4 is 11.7 Å². The number of carbonyl (C=O) groups excluding carboxylic acids is 1. The fourth-order valence-corrected chi connectivity index (χ4v) is 3.45. The van der Waals surface area contributed by atoms with Crippen LogP contribution in [0.2, 0.25) is 0 Å². The molecule has 21 heavy (non-hydrogen) atoms. The molecule has 1 aliphatic carbocycles. The number of hydrogen-bond donors (Lipinski definition) is 1. The second kappa shape index (κ2) is 6.06. The van der Waals surface area contributed by atoms with Gasteiger partial charge in [0, 0.05) is 5.69 Å². The minimum absolute atomic E-state index is 0.0563. The van der Waals surface area contributed by atoms with E-state index in [2.05, 4.69) is 0 Å². The van der Waals surface area contributed by atoms with Crippen LogP contribution in [0.5, 0.6) is 0 Å². The quantitative estimate of drug-likeness (QED) is 0.685. The van der Waals surface area contributed by atoms with Gasteiger partial charge in [-0.3, -0.25) is 0 Å². The minimum atomic E-state index is -0.303. The second-order valence-electron chi connectivity index (χ2n) is 6.24. The maximum atomic E-state index is 12.0. The Kier molecular flexibility index (Phi) is 4.15. The van der Waals surface area contributed by atoms with Crippen LogP contribution in [0.4, 0.5) is 5.69 Å². The number of ether oxygens (including phenoxy) is 2. The average molecular weight is 289 g/mol. The molecule has 1 saturated heterocycles. The van der Waals surface area contributed by atoms with Crippen LogP contribution in [-0.4, -0.2) is 24.3 Å². The van der Waals surface area contributed by atoms with Crippen molar-refractivity contribution in [2.45, 2.75) is 56.7 Å². The number of rotatable bonds is 3. The molecule has 2 fully saturated rings. The minimum Gasteiger partial charge on any atom is -0.459 e. The van der Waals surface area contributed by atoms with Crippen molar-refractivity contribution in [1.29, 1.82) is 0 Å². The third kappa shape index (κ3) is 3.38. The van der Waals surface area contributed by atoms with E-state index in [1.165, 1.54) is 19.3 Å². The second-order valence-corrected chi connectivity index (χ2v) is 6.24. The average Bonchev–Trinajstić information content (AvgIpc) is 2.89. The summed E-state index contributed by atoms with van der Waals surface area (Å²) in [7, 11) is 0. The zero-order valence-corrected chi connectivity index (χ0v) is 12.3. The van der Waals surface area contributed by atoms with Crippen LogP contribution < -0.4 is 5.73 Å². The summed E-state index contributed by atoms with van der Waals surface area (Å²) < 4.78 is 11.6. The lowest BCUT2D eigenvalue weighted by atomic mass is 9.83. The molecule has 4 heteroatoms. The summed E-state index contributed by atoms with van der Waals surface area (Å²) in [5.74, 6) is -0.303. The van der Waals surface area contributed by atoms with Gasteiger partial charge in [-0.15, -0.1) is 0 Å². The molecule has 2 N–H and O–H groups in total. The molecule has 1 heterocycles. The number of nitrogens with two attached hydrogens (primary N) is 1. The van der Waals surface area contributed by atoms with E-state index in [0.717, 1.165) is 25.7 Å². The molecule has 2 aliphatic rings. The van der Waals surface area contributed by atoms with Crippen molar-refractivity contribution in [3.63, 3.8) is 0 Å². The molecule has 4 nitrogen and oxygen atoms in total. The van der Waals surface area contributed by atoms with Crippen LogP contribution in [0.1, 0.15) is 55.3 Å². The van der Waals surface area contributed by atoms with Crippen molar-refractivity contribution < 1.29 is 14.3 Å². The highest BCUT2D eigenvalue weighted by atomic mass is 16.6. The lowest BCUT2D eigenvalue weighted by Gasteiger charge is -2.33. The van der Waals surface area contributed by atoms with Crippen molar-refractivity contribution in [3.05, 3.63) is 29.8 Å². The van der Waals surface area contributed by atoms with Crippen molar-refractivity contribution in [3.8, 4) is 0 Å². The number of anilines is 1. The topological polar surface area (TPSA) is 61.6 Å². The molecule has 114 valence electrons. The van der Waals surface area contributed by atoms with E-state index in [9.17, 15) is 4.79 Å². The standard InChI is InChI=1S/C17H23NO3/c18-14-6-4-13(5-7-14)16(19)20-12-15-8-11-17(21-15)9-2-1-3-10-17/h4-7,15H,1-3,8-12,18H2. The Morgan fingerprint density at radius 1 is 1.19 bits per heavy atom. The van der Waals surface area contributed by atoms with E-state index in [1.54, 1.807) is 24.3 Å². The normalized spacial score (nSPS) is 24.1. The summed E-state index contributed by atoms with van der Waals surface area (Å²) in [6.07, 6.45) is 8.33. The maximum Gasteiger partial charge on any atom is 0.338 e. The first-order chi connectivity index (χ1) is 10.2. The van der Waals surface area contributed by atoms with Gasteiger partial charge < -0.3 is 15.2 Å². The first-order valence-corrected chi connectivity index (χ1v) is 7.87. The van der Waals surface area contributed by atoms with E-state index in [1.807, 2.05) is 0 Å². The predicted octanol–water partition coefficient (Wildman–Crippen LogP) is 3.31. The maximum absolute atomic E-state index is 12.0. The predicted molar refractivity (Wildman–Crippen MR) is 81.1 cm³/mol. The largest absolute Gasteiger partial charge is 0.459 e.